The first-order valence-corrected chi connectivity index (χ1v) is 8.36. The highest BCUT2D eigenvalue weighted by molar-refractivity contribution is 5.84. The van der Waals surface area contributed by atoms with Crippen LogP contribution in [0.5, 0.6) is 0 Å². The number of likely N-dealkylation sites (N-methyl/N-ethyl adjacent to an activating group) is 1. The lowest BCUT2D eigenvalue weighted by atomic mass is 9.93. The topological polar surface area (TPSA) is 78.7 Å². The molecule has 1 aliphatic heterocycles. The first kappa shape index (κ1) is 18.3. The normalized spacial score (nSPS) is 14.1. The number of nitrogens with one attached hydrogen (secondary N) is 1. The molecule has 0 saturated carbocycles. The average molecular weight is 332 g/mol. The maximum atomic E-state index is 12.3. The van der Waals surface area contributed by atoms with Gasteiger partial charge in [0.1, 0.15) is 0 Å². The predicted octanol–water partition coefficient (Wildman–Crippen LogP) is 1.20. The standard InChI is InChI=1S/C18H28N4O2/c1-18(2,12-19)13-21(3)16(23)10-20-17(24)22-9-8-14-6-4-5-7-15(14)11-22/h4-7H,8-13,19H2,1-3H3,(H,20,24). The zero-order valence-electron chi connectivity index (χ0n) is 14.8. The van der Waals surface area contributed by atoms with E-state index in [1.54, 1.807) is 16.8 Å². The van der Waals surface area contributed by atoms with E-state index in [2.05, 4.69) is 11.4 Å². The van der Waals surface area contributed by atoms with E-state index in [1.807, 2.05) is 32.0 Å². The Balaban J connectivity index is 1.82. The third-order valence-electron chi connectivity index (χ3n) is 4.45. The van der Waals surface area contributed by atoms with Crippen LogP contribution in [-0.2, 0) is 17.8 Å². The van der Waals surface area contributed by atoms with Crippen molar-refractivity contribution in [2.45, 2.75) is 26.8 Å². The van der Waals surface area contributed by atoms with Crippen LogP contribution in [0.2, 0.25) is 0 Å². The van der Waals surface area contributed by atoms with Crippen LogP contribution in [0.1, 0.15) is 25.0 Å². The number of nitrogens with two attached hydrogens (primary N) is 1. The highest BCUT2D eigenvalue weighted by Crippen LogP contribution is 2.18. The van der Waals surface area contributed by atoms with Gasteiger partial charge >= 0.3 is 6.03 Å². The summed E-state index contributed by atoms with van der Waals surface area (Å²) in [5.41, 5.74) is 8.03. The summed E-state index contributed by atoms with van der Waals surface area (Å²) in [6.45, 7) is 6.37. The molecule has 2 rings (SSSR count). The van der Waals surface area contributed by atoms with E-state index in [0.29, 0.717) is 26.2 Å². The molecule has 0 radical (unpaired) electrons. The van der Waals surface area contributed by atoms with Gasteiger partial charge in [-0.3, -0.25) is 4.79 Å². The van der Waals surface area contributed by atoms with Crippen molar-refractivity contribution in [2.24, 2.45) is 11.1 Å². The number of fused-ring (bicyclic) bond motifs is 1. The molecule has 1 aromatic rings. The molecule has 0 saturated heterocycles. The van der Waals surface area contributed by atoms with Crippen LogP contribution in [0.25, 0.3) is 0 Å². The van der Waals surface area contributed by atoms with Crippen molar-refractivity contribution in [3.05, 3.63) is 35.4 Å². The van der Waals surface area contributed by atoms with E-state index in [4.69, 9.17) is 5.73 Å². The van der Waals surface area contributed by atoms with Crippen molar-refractivity contribution in [1.82, 2.24) is 15.1 Å². The van der Waals surface area contributed by atoms with Gasteiger partial charge in [-0.2, -0.15) is 0 Å². The van der Waals surface area contributed by atoms with E-state index in [1.165, 1.54) is 11.1 Å². The second kappa shape index (κ2) is 7.66. The fourth-order valence-corrected chi connectivity index (χ4v) is 2.86. The van der Waals surface area contributed by atoms with Crippen LogP contribution in [0.4, 0.5) is 4.79 Å². The largest absolute Gasteiger partial charge is 0.344 e. The lowest BCUT2D eigenvalue weighted by molar-refractivity contribution is -0.130. The summed E-state index contributed by atoms with van der Waals surface area (Å²) in [7, 11) is 1.74. The average Bonchev–Trinajstić information content (AvgIpc) is 2.58. The minimum absolute atomic E-state index is 0.00807. The molecule has 0 atom stereocenters. The molecule has 132 valence electrons. The summed E-state index contributed by atoms with van der Waals surface area (Å²) in [5, 5.41) is 2.73. The van der Waals surface area contributed by atoms with Crippen LogP contribution in [-0.4, -0.2) is 55.0 Å². The van der Waals surface area contributed by atoms with Gasteiger partial charge in [-0.15, -0.1) is 0 Å². The van der Waals surface area contributed by atoms with E-state index >= 15 is 0 Å². The number of hydrogen-bond donors (Lipinski definition) is 2. The van der Waals surface area contributed by atoms with Crippen LogP contribution >= 0.6 is 0 Å². The number of benzene rings is 1. The maximum absolute atomic E-state index is 12.3. The first-order chi connectivity index (χ1) is 11.3. The lowest BCUT2D eigenvalue weighted by Gasteiger charge is -2.30. The molecule has 0 spiro atoms. The number of rotatable bonds is 5. The summed E-state index contributed by atoms with van der Waals surface area (Å²) in [6.07, 6.45) is 0.849. The van der Waals surface area contributed by atoms with Crippen LogP contribution in [0.15, 0.2) is 24.3 Å². The monoisotopic (exact) mass is 332 g/mol. The second-order valence-corrected chi connectivity index (χ2v) is 7.22. The van der Waals surface area contributed by atoms with Crippen LogP contribution in [0.3, 0.4) is 0 Å². The molecule has 1 heterocycles. The van der Waals surface area contributed by atoms with Gasteiger partial charge in [0.2, 0.25) is 5.91 Å². The van der Waals surface area contributed by atoms with E-state index in [-0.39, 0.29) is 23.9 Å². The van der Waals surface area contributed by atoms with Crippen molar-refractivity contribution in [2.75, 3.05) is 33.2 Å². The summed E-state index contributed by atoms with van der Waals surface area (Å²) in [4.78, 5) is 27.8. The van der Waals surface area contributed by atoms with Gasteiger partial charge < -0.3 is 20.9 Å². The third-order valence-corrected chi connectivity index (χ3v) is 4.45. The minimum atomic E-state index is -0.190. The number of nitrogens with zero attached hydrogens (tertiary/aromatic N) is 2. The van der Waals surface area contributed by atoms with Crippen molar-refractivity contribution in [1.29, 1.82) is 0 Å². The number of carbonyl (C=O) groups excluding carboxylic acids is 2. The molecular weight excluding hydrogens is 304 g/mol. The number of urea groups is 1. The van der Waals surface area contributed by atoms with Gasteiger partial charge in [-0.1, -0.05) is 38.1 Å². The smallest absolute Gasteiger partial charge is 0.318 e. The summed E-state index contributed by atoms with van der Waals surface area (Å²) < 4.78 is 0. The Bertz CT molecular complexity index is 600. The molecule has 0 bridgehead atoms. The summed E-state index contributed by atoms with van der Waals surface area (Å²) in [6, 6.07) is 7.96. The van der Waals surface area contributed by atoms with Crippen molar-refractivity contribution in [3.8, 4) is 0 Å². The van der Waals surface area contributed by atoms with Crippen molar-refractivity contribution < 1.29 is 9.59 Å². The van der Waals surface area contributed by atoms with Crippen LogP contribution in [0, 0.1) is 5.41 Å². The molecule has 1 aromatic carbocycles. The van der Waals surface area contributed by atoms with E-state index < -0.39 is 0 Å². The molecule has 0 aliphatic carbocycles. The Kier molecular flexibility index (Phi) is 5.83. The van der Waals surface area contributed by atoms with Crippen molar-refractivity contribution >= 4 is 11.9 Å². The molecule has 0 aromatic heterocycles. The molecule has 0 fully saturated rings. The Hall–Kier alpha value is -2.08. The van der Waals surface area contributed by atoms with Crippen molar-refractivity contribution in [3.63, 3.8) is 0 Å². The van der Waals surface area contributed by atoms with Gasteiger partial charge in [0.15, 0.2) is 0 Å². The predicted molar refractivity (Wildman–Crippen MR) is 94.4 cm³/mol. The highest BCUT2D eigenvalue weighted by Gasteiger charge is 2.23. The molecule has 24 heavy (non-hydrogen) atoms. The number of carbonyl (C=O) groups is 2. The van der Waals surface area contributed by atoms with Gasteiger partial charge in [0, 0.05) is 26.7 Å². The zero-order chi connectivity index (χ0) is 17.7. The number of amides is 3. The first-order valence-electron chi connectivity index (χ1n) is 8.36. The molecule has 6 nitrogen and oxygen atoms in total. The second-order valence-electron chi connectivity index (χ2n) is 7.22. The summed E-state index contributed by atoms with van der Waals surface area (Å²) in [5.74, 6) is -0.109. The number of hydrogen-bond acceptors (Lipinski definition) is 3. The zero-order valence-corrected chi connectivity index (χ0v) is 14.8. The Labute approximate surface area is 144 Å². The fourth-order valence-electron chi connectivity index (χ4n) is 2.86. The van der Waals surface area contributed by atoms with Gasteiger partial charge in [0.25, 0.3) is 0 Å². The molecular formula is C18H28N4O2. The Morgan fingerprint density at radius 3 is 2.62 bits per heavy atom. The lowest BCUT2D eigenvalue weighted by Crippen LogP contribution is -2.48. The molecule has 6 heteroatoms. The summed E-state index contributed by atoms with van der Waals surface area (Å²) >= 11 is 0. The molecule has 3 amide bonds. The van der Waals surface area contributed by atoms with Gasteiger partial charge in [-0.25, -0.2) is 4.79 Å². The van der Waals surface area contributed by atoms with E-state index in [9.17, 15) is 9.59 Å². The van der Waals surface area contributed by atoms with E-state index in [0.717, 1.165) is 6.42 Å². The quantitative estimate of drug-likeness (QED) is 0.850. The SMILES string of the molecule is CN(CC(C)(C)CN)C(=O)CNC(=O)N1CCc2ccccc2C1. The minimum Gasteiger partial charge on any atom is -0.344 e. The Morgan fingerprint density at radius 1 is 1.29 bits per heavy atom. The Morgan fingerprint density at radius 2 is 1.96 bits per heavy atom. The molecule has 0 unspecified atom stereocenters. The van der Waals surface area contributed by atoms with Crippen LogP contribution < -0.4 is 11.1 Å². The highest BCUT2D eigenvalue weighted by atomic mass is 16.2. The molecule has 3 N–H and O–H groups in total. The van der Waals surface area contributed by atoms with Gasteiger partial charge in [0.05, 0.1) is 6.54 Å². The molecule has 1 aliphatic rings. The fraction of sp³-hybridized carbons (Fsp3) is 0.556. The van der Waals surface area contributed by atoms with Gasteiger partial charge in [-0.05, 0) is 29.5 Å². The third kappa shape index (κ3) is 4.71. The maximum Gasteiger partial charge on any atom is 0.318 e.